The lowest BCUT2D eigenvalue weighted by molar-refractivity contribution is -0.144. The van der Waals surface area contributed by atoms with Crippen LogP contribution in [0, 0.1) is 0 Å². The van der Waals surface area contributed by atoms with Gasteiger partial charge in [-0.3, -0.25) is 0 Å². The van der Waals surface area contributed by atoms with Gasteiger partial charge in [0, 0.05) is 18.7 Å². The van der Waals surface area contributed by atoms with Crippen molar-refractivity contribution in [1.82, 2.24) is 0 Å². The molecule has 1 unspecified atom stereocenters. The molecule has 0 amide bonds. The highest BCUT2D eigenvalue weighted by Gasteiger charge is 2.59. The van der Waals surface area contributed by atoms with Crippen molar-refractivity contribution in [3.8, 4) is 0 Å². The predicted octanol–water partition coefficient (Wildman–Crippen LogP) is 6.34. The van der Waals surface area contributed by atoms with Crippen molar-refractivity contribution in [2.45, 2.75) is 111 Å². The van der Waals surface area contributed by atoms with Gasteiger partial charge in [0.15, 0.2) is 33.3 Å². The Kier molecular flexibility index (Phi) is 15.0. The second-order valence-corrected chi connectivity index (χ2v) is 37.5. The normalized spacial score (nSPS) is 14.9. The number of rotatable bonds is 19. The quantitative estimate of drug-likeness (QED) is 0.0907. The molecule has 0 spiro atoms. The van der Waals surface area contributed by atoms with Crippen LogP contribution in [-0.4, -0.2) is 83.0 Å². The minimum absolute atomic E-state index is 0.0154. The fourth-order valence-corrected chi connectivity index (χ4v) is 24.3. The van der Waals surface area contributed by atoms with Crippen LogP contribution in [0.4, 0.5) is 0 Å². The second-order valence-electron chi connectivity index (χ2n) is 13.5. The Morgan fingerprint density at radius 3 is 1.45 bits per heavy atom. The van der Waals surface area contributed by atoms with E-state index in [1.54, 1.807) is 6.92 Å². The van der Waals surface area contributed by atoms with E-state index in [0.717, 1.165) is 6.42 Å². The van der Waals surface area contributed by atoms with E-state index in [4.69, 9.17) is 34.5 Å². The Labute approximate surface area is 239 Å². The van der Waals surface area contributed by atoms with Crippen LogP contribution in [0.1, 0.15) is 20.3 Å². The lowest BCUT2D eigenvalue weighted by Crippen LogP contribution is -2.67. The van der Waals surface area contributed by atoms with E-state index in [1.807, 2.05) is 13.5 Å². The van der Waals surface area contributed by atoms with Gasteiger partial charge in [-0.2, -0.15) is 0 Å². The monoisotopic (exact) mass is 644 g/mol. The minimum atomic E-state index is -3.84. The zero-order valence-corrected chi connectivity index (χ0v) is 32.8. The molecule has 0 aliphatic heterocycles. The summed E-state index contributed by atoms with van der Waals surface area (Å²) in [6.07, 6.45) is 0.271. The van der Waals surface area contributed by atoms with Crippen LogP contribution < -0.4 is 0 Å². The standard InChI is InChI=1S/C23H56O9Si6/c1-17-18-25-22(19-26-23(24)21(2)3)20-27-38(30-35(10,11)12,31-36(13,14)15)32-37(16,28-33(4,5)6)29-34(7,8)9/h22H,2,17-20H2,1,3-16H3. The molecule has 0 fully saturated rings. The van der Waals surface area contributed by atoms with Crippen molar-refractivity contribution < 1.29 is 39.3 Å². The molecule has 0 rings (SSSR count). The zero-order valence-electron chi connectivity index (χ0n) is 26.8. The molecular weight excluding hydrogens is 589 g/mol. The first kappa shape index (κ1) is 38.2. The van der Waals surface area contributed by atoms with E-state index in [-0.39, 0.29) is 13.2 Å². The van der Waals surface area contributed by atoms with Gasteiger partial charge in [0.05, 0.1) is 6.61 Å². The predicted molar refractivity (Wildman–Crippen MR) is 168 cm³/mol. The Hall–Kier alpha value is 0.231. The van der Waals surface area contributed by atoms with Crippen LogP contribution >= 0.6 is 0 Å². The van der Waals surface area contributed by atoms with E-state index in [0.29, 0.717) is 12.2 Å². The molecule has 15 heteroatoms. The summed E-state index contributed by atoms with van der Waals surface area (Å²) in [6, 6.07) is 0. The van der Waals surface area contributed by atoms with E-state index >= 15 is 0 Å². The summed E-state index contributed by atoms with van der Waals surface area (Å²) >= 11 is 0. The van der Waals surface area contributed by atoms with Crippen molar-refractivity contribution >= 4 is 57.1 Å². The molecule has 0 N–H and O–H groups in total. The molecule has 0 aromatic heterocycles. The topological polar surface area (TPSA) is 90.9 Å². The average molecular weight is 645 g/mol. The fourth-order valence-electron chi connectivity index (χ4n) is 3.22. The van der Waals surface area contributed by atoms with Crippen LogP contribution in [0.15, 0.2) is 12.2 Å². The number of hydrogen-bond acceptors (Lipinski definition) is 9. The fraction of sp³-hybridized carbons (Fsp3) is 0.870. The molecule has 0 radical (unpaired) electrons. The van der Waals surface area contributed by atoms with Crippen molar-refractivity contribution in [3.05, 3.63) is 12.2 Å². The third kappa shape index (κ3) is 18.6. The lowest BCUT2D eigenvalue weighted by atomic mass is 10.3. The number of carbonyl (C=O) groups is 1. The maximum absolute atomic E-state index is 12.1. The van der Waals surface area contributed by atoms with Gasteiger partial charge in [-0.1, -0.05) is 13.5 Å². The summed E-state index contributed by atoms with van der Waals surface area (Å²) in [5.74, 6) is -0.474. The maximum Gasteiger partial charge on any atom is 0.650 e. The second kappa shape index (κ2) is 14.9. The number of hydrogen-bond donors (Lipinski definition) is 0. The Balaban J connectivity index is 6.49. The highest BCUT2D eigenvalue weighted by Crippen LogP contribution is 2.31. The molecule has 0 aromatic carbocycles. The molecule has 0 heterocycles. The first-order chi connectivity index (χ1) is 16.8. The molecule has 0 aliphatic carbocycles. The smallest absolute Gasteiger partial charge is 0.459 e. The summed E-state index contributed by atoms with van der Waals surface area (Å²) in [5, 5.41) is 0. The van der Waals surface area contributed by atoms with Crippen LogP contribution in [0.2, 0.25) is 85.1 Å². The Bertz CT molecular complexity index is 722. The zero-order chi connectivity index (χ0) is 30.2. The molecule has 38 heavy (non-hydrogen) atoms. The lowest BCUT2D eigenvalue weighted by Gasteiger charge is -2.44. The summed E-state index contributed by atoms with van der Waals surface area (Å²) < 4.78 is 51.6. The van der Waals surface area contributed by atoms with E-state index in [2.05, 4.69) is 85.1 Å². The number of carbonyl (C=O) groups excluding carboxylic acids is 1. The van der Waals surface area contributed by atoms with Gasteiger partial charge in [0.25, 0.3) is 0 Å². The van der Waals surface area contributed by atoms with Gasteiger partial charge in [-0.15, -0.1) is 0 Å². The Morgan fingerprint density at radius 1 is 0.684 bits per heavy atom. The first-order valence-electron chi connectivity index (χ1n) is 13.4. The van der Waals surface area contributed by atoms with Crippen molar-refractivity contribution in [2.24, 2.45) is 0 Å². The molecule has 0 bridgehead atoms. The highest BCUT2D eigenvalue weighted by atomic mass is 28.5. The molecule has 0 aromatic rings. The van der Waals surface area contributed by atoms with Gasteiger partial charge in [0.1, 0.15) is 12.7 Å². The first-order valence-corrected chi connectivity index (χ1v) is 30.9. The molecule has 0 saturated carbocycles. The maximum atomic E-state index is 12.1. The van der Waals surface area contributed by atoms with Crippen molar-refractivity contribution in [3.63, 3.8) is 0 Å². The minimum Gasteiger partial charge on any atom is -0.459 e. The van der Waals surface area contributed by atoms with Crippen LogP contribution in [-0.2, 0) is 39.3 Å². The summed E-state index contributed by atoms with van der Waals surface area (Å²) in [4.78, 5) is 12.1. The summed E-state index contributed by atoms with van der Waals surface area (Å²) in [6.45, 7) is 34.9. The summed E-state index contributed by atoms with van der Waals surface area (Å²) in [7, 11) is -15.8. The van der Waals surface area contributed by atoms with Crippen LogP contribution in [0.3, 0.4) is 0 Å². The van der Waals surface area contributed by atoms with Crippen LogP contribution in [0.5, 0.6) is 0 Å². The van der Waals surface area contributed by atoms with E-state index in [1.165, 1.54) is 0 Å². The van der Waals surface area contributed by atoms with Gasteiger partial charge in [-0.05, 0) is 91.9 Å². The van der Waals surface area contributed by atoms with Crippen molar-refractivity contribution in [2.75, 3.05) is 19.8 Å². The third-order valence-electron chi connectivity index (χ3n) is 3.91. The number of esters is 1. The van der Waals surface area contributed by atoms with Gasteiger partial charge >= 0.3 is 23.8 Å². The average Bonchev–Trinajstić information content (AvgIpc) is 2.60. The molecular formula is C23H56O9Si6. The van der Waals surface area contributed by atoms with Crippen molar-refractivity contribution in [1.29, 1.82) is 0 Å². The number of ether oxygens (including phenoxy) is 2. The molecule has 226 valence electrons. The molecule has 0 aliphatic rings. The highest BCUT2D eigenvalue weighted by molar-refractivity contribution is 6.90. The largest absolute Gasteiger partial charge is 0.650 e. The van der Waals surface area contributed by atoms with Crippen LogP contribution in [0.25, 0.3) is 0 Å². The van der Waals surface area contributed by atoms with Gasteiger partial charge in [-0.25, -0.2) is 4.79 Å². The summed E-state index contributed by atoms with van der Waals surface area (Å²) in [5.41, 5.74) is 0.324. The molecule has 9 nitrogen and oxygen atoms in total. The van der Waals surface area contributed by atoms with Gasteiger partial charge < -0.3 is 34.5 Å². The van der Waals surface area contributed by atoms with E-state index in [9.17, 15) is 4.79 Å². The SMILES string of the molecule is C=C(C)C(=O)OCC(CO[Si](O[Si](C)(C)C)(O[Si](C)(C)C)O[Si](C)(O[Si](C)(C)C)O[Si](C)(C)C)OCCC. The molecule has 1 atom stereocenters. The molecule has 0 saturated heterocycles. The third-order valence-corrected chi connectivity index (χ3v) is 21.7. The van der Waals surface area contributed by atoms with E-state index < -0.39 is 63.2 Å². The van der Waals surface area contributed by atoms with Gasteiger partial charge in [0.2, 0.25) is 0 Å². The Morgan fingerprint density at radius 2 is 1.11 bits per heavy atom.